The number of hydrogen-bond acceptors (Lipinski definition) is 4. The van der Waals surface area contributed by atoms with E-state index in [2.05, 4.69) is 17.0 Å². The van der Waals surface area contributed by atoms with Crippen molar-refractivity contribution in [2.75, 3.05) is 32.9 Å². The van der Waals surface area contributed by atoms with Crippen LogP contribution in [0.3, 0.4) is 0 Å². The number of primary amides is 1. The standard InChI is InChI=1S/C9H20N2O3/c1-2-11-5-3-6-13-7-4-8-14-9(10)12/h11H,2-8H2,1H3,(H2,10,12). The number of nitrogens with two attached hydrogens (primary N) is 1. The molecule has 0 spiro atoms. The Bertz CT molecular complexity index is 142. The number of rotatable bonds is 9. The zero-order valence-electron chi connectivity index (χ0n) is 8.75. The summed E-state index contributed by atoms with van der Waals surface area (Å²) < 4.78 is 9.82. The lowest BCUT2D eigenvalue weighted by Crippen LogP contribution is -2.16. The molecule has 0 radical (unpaired) electrons. The van der Waals surface area contributed by atoms with Gasteiger partial charge in [-0.15, -0.1) is 0 Å². The van der Waals surface area contributed by atoms with Crippen LogP contribution in [0.25, 0.3) is 0 Å². The predicted molar refractivity (Wildman–Crippen MR) is 54.1 cm³/mol. The van der Waals surface area contributed by atoms with Crippen molar-refractivity contribution >= 4 is 6.09 Å². The molecule has 3 N–H and O–H groups in total. The lowest BCUT2D eigenvalue weighted by atomic mass is 10.4. The van der Waals surface area contributed by atoms with Gasteiger partial charge in [-0.1, -0.05) is 6.92 Å². The van der Waals surface area contributed by atoms with Crippen LogP contribution < -0.4 is 11.1 Å². The van der Waals surface area contributed by atoms with Crippen LogP contribution in [0.15, 0.2) is 0 Å². The molecule has 0 fully saturated rings. The first-order valence-corrected chi connectivity index (χ1v) is 4.98. The normalized spacial score (nSPS) is 10.1. The van der Waals surface area contributed by atoms with Gasteiger partial charge in [-0.2, -0.15) is 0 Å². The van der Waals surface area contributed by atoms with Crippen LogP contribution in [0.1, 0.15) is 19.8 Å². The lowest BCUT2D eigenvalue weighted by molar-refractivity contribution is 0.103. The summed E-state index contributed by atoms with van der Waals surface area (Å²) in [5.74, 6) is 0. The summed E-state index contributed by atoms with van der Waals surface area (Å²) in [4.78, 5) is 10.2. The average molecular weight is 204 g/mol. The fourth-order valence-electron chi connectivity index (χ4n) is 0.912. The molecule has 84 valence electrons. The topological polar surface area (TPSA) is 73.6 Å². The van der Waals surface area contributed by atoms with Crippen LogP contribution in [0.2, 0.25) is 0 Å². The second-order valence-corrected chi connectivity index (χ2v) is 2.84. The molecule has 5 nitrogen and oxygen atoms in total. The average Bonchev–Trinajstić information content (AvgIpc) is 2.15. The van der Waals surface area contributed by atoms with E-state index in [1.54, 1.807) is 0 Å². The zero-order valence-corrected chi connectivity index (χ0v) is 8.75. The molecule has 0 bridgehead atoms. The molecule has 0 rings (SSSR count). The van der Waals surface area contributed by atoms with Gasteiger partial charge in [0.1, 0.15) is 0 Å². The monoisotopic (exact) mass is 204 g/mol. The van der Waals surface area contributed by atoms with Gasteiger partial charge in [0.05, 0.1) is 6.61 Å². The summed E-state index contributed by atoms with van der Waals surface area (Å²) in [6.07, 6.45) is 0.978. The summed E-state index contributed by atoms with van der Waals surface area (Å²) in [5.41, 5.74) is 4.78. The highest BCUT2D eigenvalue weighted by atomic mass is 16.5. The minimum absolute atomic E-state index is 0.336. The van der Waals surface area contributed by atoms with E-state index in [1.807, 2.05) is 0 Å². The second kappa shape index (κ2) is 10.3. The van der Waals surface area contributed by atoms with E-state index in [4.69, 9.17) is 10.5 Å². The first-order valence-electron chi connectivity index (χ1n) is 4.98. The fourth-order valence-corrected chi connectivity index (χ4v) is 0.912. The third-order valence-corrected chi connectivity index (χ3v) is 1.57. The van der Waals surface area contributed by atoms with E-state index in [0.29, 0.717) is 19.6 Å². The first-order chi connectivity index (χ1) is 6.77. The lowest BCUT2D eigenvalue weighted by Gasteiger charge is -2.04. The number of ether oxygens (including phenoxy) is 2. The van der Waals surface area contributed by atoms with Crippen molar-refractivity contribution in [1.82, 2.24) is 5.32 Å². The van der Waals surface area contributed by atoms with E-state index in [-0.39, 0.29) is 0 Å². The number of hydrogen-bond donors (Lipinski definition) is 2. The minimum Gasteiger partial charge on any atom is -0.450 e. The van der Waals surface area contributed by atoms with Crippen LogP contribution in [-0.4, -0.2) is 39.0 Å². The van der Waals surface area contributed by atoms with Gasteiger partial charge >= 0.3 is 6.09 Å². The van der Waals surface area contributed by atoms with Gasteiger partial charge < -0.3 is 20.5 Å². The largest absolute Gasteiger partial charge is 0.450 e. The van der Waals surface area contributed by atoms with Crippen LogP contribution >= 0.6 is 0 Å². The van der Waals surface area contributed by atoms with Crippen molar-refractivity contribution in [2.45, 2.75) is 19.8 Å². The molecule has 0 aromatic heterocycles. The summed E-state index contributed by atoms with van der Waals surface area (Å²) >= 11 is 0. The molecule has 5 heteroatoms. The van der Waals surface area contributed by atoms with Crippen LogP contribution in [0.4, 0.5) is 4.79 Å². The summed E-state index contributed by atoms with van der Waals surface area (Å²) in [7, 11) is 0. The molecule has 0 aliphatic rings. The van der Waals surface area contributed by atoms with Crippen LogP contribution in [-0.2, 0) is 9.47 Å². The summed E-state index contributed by atoms with van der Waals surface area (Å²) in [6.45, 7) is 5.73. The van der Waals surface area contributed by atoms with Gasteiger partial charge in [0, 0.05) is 19.6 Å². The van der Waals surface area contributed by atoms with E-state index < -0.39 is 6.09 Å². The number of carbonyl (C=O) groups excluding carboxylic acids is 1. The molecule has 0 aliphatic carbocycles. The minimum atomic E-state index is -0.725. The van der Waals surface area contributed by atoms with E-state index in [9.17, 15) is 4.79 Å². The maximum atomic E-state index is 10.2. The molecule has 0 saturated heterocycles. The van der Waals surface area contributed by atoms with Gasteiger partial charge in [0.15, 0.2) is 0 Å². The zero-order chi connectivity index (χ0) is 10.6. The number of carbonyl (C=O) groups is 1. The van der Waals surface area contributed by atoms with Crippen molar-refractivity contribution in [3.63, 3.8) is 0 Å². The van der Waals surface area contributed by atoms with Gasteiger partial charge in [-0.05, 0) is 19.5 Å². The predicted octanol–water partition coefficient (Wildman–Crippen LogP) is 0.488. The van der Waals surface area contributed by atoms with Crippen LogP contribution in [0, 0.1) is 0 Å². The quantitative estimate of drug-likeness (QED) is 0.536. The van der Waals surface area contributed by atoms with E-state index in [1.165, 1.54) is 0 Å². The molecule has 0 unspecified atom stereocenters. The highest BCUT2D eigenvalue weighted by molar-refractivity contribution is 5.64. The van der Waals surface area contributed by atoms with Crippen molar-refractivity contribution in [2.24, 2.45) is 5.73 Å². The molecule has 0 aromatic rings. The Morgan fingerprint density at radius 3 is 2.64 bits per heavy atom. The Balaban J connectivity index is 2.88. The molecular weight excluding hydrogens is 184 g/mol. The maximum absolute atomic E-state index is 10.2. The van der Waals surface area contributed by atoms with E-state index >= 15 is 0 Å². The van der Waals surface area contributed by atoms with Gasteiger partial charge in [0.2, 0.25) is 0 Å². The Labute approximate surface area is 84.9 Å². The fraction of sp³-hybridized carbons (Fsp3) is 0.889. The summed E-state index contributed by atoms with van der Waals surface area (Å²) in [5, 5.41) is 3.20. The second-order valence-electron chi connectivity index (χ2n) is 2.84. The maximum Gasteiger partial charge on any atom is 0.404 e. The Hall–Kier alpha value is -0.810. The first kappa shape index (κ1) is 13.2. The summed E-state index contributed by atoms with van der Waals surface area (Å²) in [6, 6.07) is 0. The van der Waals surface area contributed by atoms with Gasteiger partial charge in [-0.25, -0.2) is 4.79 Å². The smallest absolute Gasteiger partial charge is 0.404 e. The van der Waals surface area contributed by atoms with Crippen molar-refractivity contribution < 1.29 is 14.3 Å². The number of nitrogens with one attached hydrogen (secondary N) is 1. The molecule has 0 aliphatic heterocycles. The van der Waals surface area contributed by atoms with Crippen molar-refractivity contribution in [1.29, 1.82) is 0 Å². The molecule has 0 atom stereocenters. The highest BCUT2D eigenvalue weighted by Gasteiger charge is 1.93. The number of amides is 1. The molecule has 0 heterocycles. The van der Waals surface area contributed by atoms with Crippen molar-refractivity contribution in [3.8, 4) is 0 Å². The molecule has 0 saturated carbocycles. The third kappa shape index (κ3) is 11.2. The van der Waals surface area contributed by atoms with Gasteiger partial charge in [0.25, 0.3) is 0 Å². The molecule has 1 amide bonds. The third-order valence-electron chi connectivity index (χ3n) is 1.57. The van der Waals surface area contributed by atoms with E-state index in [0.717, 1.165) is 26.1 Å². The Morgan fingerprint density at radius 1 is 1.29 bits per heavy atom. The molecular formula is C9H20N2O3. The van der Waals surface area contributed by atoms with Gasteiger partial charge in [-0.3, -0.25) is 0 Å². The molecule has 14 heavy (non-hydrogen) atoms. The van der Waals surface area contributed by atoms with Crippen LogP contribution in [0.5, 0.6) is 0 Å². The SMILES string of the molecule is CCNCCCOCCCOC(N)=O. The Kier molecular flexibility index (Phi) is 9.68. The Morgan fingerprint density at radius 2 is 2.00 bits per heavy atom. The molecule has 0 aromatic carbocycles. The highest BCUT2D eigenvalue weighted by Crippen LogP contribution is 1.87. The van der Waals surface area contributed by atoms with Crippen molar-refractivity contribution in [3.05, 3.63) is 0 Å².